The third-order valence-electron chi connectivity index (χ3n) is 3.82. The van der Waals surface area contributed by atoms with E-state index in [1.54, 1.807) is 19.1 Å². The van der Waals surface area contributed by atoms with Crippen molar-refractivity contribution in [2.45, 2.75) is 26.8 Å². The maximum absolute atomic E-state index is 13.7. The van der Waals surface area contributed by atoms with Gasteiger partial charge in [0.05, 0.1) is 17.3 Å². The Labute approximate surface area is 137 Å². The standard InChI is InChI=1S/C17H16FN3OS/c1-9-4-5-12(7-15(9)18)10(2)20-16(22)13-6-14-11(3)21-23-17(14)19-8-13/h4-8,10H,1-3H3,(H,20,22). The van der Waals surface area contributed by atoms with Crippen LogP contribution in [-0.2, 0) is 0 Å². The Balaban J connectivity index is 1.81. The van der Waals surface area contributed by atoms with Crippen LogP contribution in [0, 0.1) is 19.7 Å². The van der Waals surface area contributed by atoms with Crippen LogP contribution < -0.4 is 5.32 Å². The molecule has 118 valence electrons. The Bertz CT molecular complexity index is 891. The van der Waals surface area contributed by atoms with Gasteiger partial charge in [-0.1, -0.05) is 12.1 Å². The van der Waals surface area contributed by atoms with Gasteiger partial charge < -0.3 is 5.32 Å². The fourth-order valence-corrected chi connectivity index (χ4v) is 3.04. The molecule has 0 bridgehead atoms. The zero-order valence-electron chi connectivity index (χ0n) is 13.1. The van der Waals surface area contributed by atoms with Gasteiger partial charge in [-0.2, -0.15) is 4.37 Å². The van der Waals surface area contributed by atoms with E-state index in [2.05, 4.69) is 14.7 Å². The van der Waals surface area contributed by atoms with Crippen LogP contribution in [0.25, 0.3) is 10.2 Å². The van der Waals surface area contributed by atoms with Gasteiger partial charge in [0, 0.05) is 11.6 Å². The van der Waals surface area contributed by atoms with Crippen LogP contribution in [0.5, 0.6) is 0 Å². The Morgan fingerprint density at radius 2 is 2.09 bits per heavy atom. The lowest BCUT2D eigenvalue weighted by Gasteiger charge is -2.15. The normalized spacial score (nSPS) is 12.3. The number of benzene rings is 1. The summed E-state index contributed by atoms with van der Waals surface area (Å²) in [6.07, 6.45) is 1.54. The minimum atomic E-state index is -0.296. The molecule has 0 saturated heterocycles. The lowest BCUT2D eigenvalue weighted by molar-refractivity contribution is 0.0939. The minimum absolute atomic E-state index is 0.238. The summed E-state index contributed by atoms with van der Waals surface area (Å²) >= 11 is 1.31. The number of nitrogens with zero attached hydrogens (tertiary/aromatic N) is 2. The average molecular weight is 329 g/mol. The molecule has 1 amide bonds. The number of nitrogens with one attached hydrogen (secondary N) is 1. The monoisotopic (exact) mass is 329 g/mol. The zero-order chi connectivity index (χ0) is 16.6. The summed E-state index contributed by atoms with van der Waals surface area (Å²) in [5, 5.41) is 3.76. The third kappa shape index (κ3) is 3.07. The minimum Gasteiger partial charge on any atom is -0.345 e. The van der Waals surface area contributed by atoms with E-state index in [1.165, 1.54) is 23.8 Å². The highest BCUT2D eigenvalue weighted by atomic mass is 32.1. The third-order valence-corrected chi connectivity index (χ3v) is 4.68. The van der Waals surface area contributed by atoms with E-state index >= 15 is 0 Å². The first-order valence-corrected chi connectivity index (χ1v) is 8.02. The Kier molecular flexibility index (Phi) is 4.09. The maximum atomic E-state index is 13.7. The van der Waals surface area contributed by atoms with E-state index in [1.807, 2.05) is 19.9 Å². The van der Waals surface area contributed by atoms with Crippen LogP contribution >= 0.6 is 11.5 Å². The van der Waals surface area contributed by atoms with Crippen molar-refractivity contribution in [3.63, 3.8) is 0 Å². The molecule has 4 nitrogen and oxygen atoms in total. The predicted molar refractivity (Wildman–Crippen MR) is 89.2 cm³/mol. The van der Waals surface area contributed by atoms with Gasteiger partial charge in [0.25, 0.3) is 5.91 Å². The number of rotatable bonds is 3. The fraction of sp³-hybridized carbons (Fsp3) is 0.235. The van der Waals surface area contributed by atoms with E-state index in [0.29, 0.717) is 11.1 Å². The Hall–Kier alpha value is -2.34. The van der Waals surface area contributed by atoms with E-state index in [4.69, 9.17) is 0 Å². The topological polar surface area (TPSA) is 54.9 Å². The van der Waals surface area contributed by atoms with Crippen LogP contribution in [0.2, 0.25) is 0 Å². The molecule has 1 unspecified atom stereocenters. The molecule has 3 rings (SSSR count). The summed E-state index contributed by atoms with van der Waals surface area (Å²) in [5.74, 6) is -0.509. The average Bonchev–Trinajstić information content (AvgIpc) is 2.90. The molecule has 2 heterocycles. The van der Waals surface area contributed by atoms with Crippen LogP contribution in [0.3, 0.4) is 0 Å². The number of carbonyl (C=O) groups excluding carboxylic acids is 1. The van der Waals surface area contributed by atoms with Gasteiger partial charge in [-0.3, -0.25) is 4.79 Å². The van der Waals surface area contributed by atoms with Crippen molar-refractivity contribution in [3.05, 3.63) is 58.7 Å². The highest BCUT2D eigenvalue weighted by molar-refractivity contribution is 7.12. The summed E-state index contributed by atoms with van der Waals surface area (Å²) in [4.78, 5) is 17.5. The second kappa shape index (κ2) is 6.04. The van der Waals surface area contributed by atoms with Gasteiger partial charge in [-0.15, -0.1) is 0 Å². The Morgan fingerprint density at radius 1 is 1.30 bits per heavy atom. The second-order valence-corrected chi connectivity index (χ2v) is 6.30. The molecule has 0 saturated carbocycles. The molecule has 0 fully saturated rings. The molecular weight excluding hydrogens is 313 g/mol. The number of hydrogen-bond acceptors (Lipinski definition) is 4. The first-order valence-electron chi connectivity index (χ1n) is 7.24. The summed E-state index contributed by atoms with van der Waals surface area (Å²) in [6, 6.07) is 6.47. The SMILES string of the molecule is Cc1ccc(C(C)NC(=O)c2cnc3snc(C)c3c2)cc1F. The smallest absolute Gasteiger partial charge is 0.253 e. The first-order chi connectivity index (χ1) is 11.0. The number of carbonyl (C=O) groups is 1. The number of amides is 1. The van der Waals surface area contributed by atoms with E-state index in [9.17, 15) is 9.18 Å². The number of fused-ring (bicyclic) bond motifs is 1. The fourth-order valence-electron chi connectivity index (χ4n) is 2.31. The van der Waals surface area contributed by atoms with Crippen LogP contribution in [0.15, 0.2) is 30.5 Å². The van der Waals surface area contributed by atoms with Crippen molar-refractivity contribution in [2.24, 2.45) is 0 Å². The van der Waals surface area contributed by atoms with Crippen LogP contribution in [-0.4, -0.2) is 15.3 Å². The van der Waals surface area contributed by atoms with Crippen molar-refractivity contribution in [1.82, 2.24) is 14.7 Å². The number of aromatic nitrogens is 2. The molecule has 1 N–H and O–H groups in total. The lowest BCUT2D eigenvalue weighted by Crippen LogP contribution is -2.26. The quantitative estimate of drug-likeness (QED) is 0.792. The molecule has 0 aliphatic heterocycles. The van der Waals surface area contributed by atoms with Crippen molar-refractivity contribution >= 4 is 27.7 Å². The number of halogens is 1. The van der Waals surface area contributed by atoms with Gasteiger partial charge in [-0.25, -0.2) is 9.37 Å². The van der Waals surface area contributed by atoms with Crippen LogP contribution in [0.4, 0.5) is 4.39 Å². The molecule has 0 spiro atoms. The highest BCUT2D eigenvalue weighted by Crippen LogP contribution is 2.22. The Morgan fingerprint density at radius 3 is 2.83 bits per heavy atom. The molecule has 0 aliphatic rings. The molecule has 3 aromatic rings. The van der Waals surface area contributed by atoms with Crippen molar-refractivity contribution in [1.29, 1.82) is 0 Å². The van der Waals surface area contributed by atoms with Gasteiger partial charge >= 0.3 is 0 Å². The summed E-state index contributed by atoms with van der Waals surface area (Å²) in [5.41, 5.74) is 2.65. The summed E-state index contributed by atoms with van der Waals surface area (Å²) in [6.45, 7) is 5.42. The van der Waals surface area contributed by atoms with Gasteiger partial charge in [0.15, 0.2) is 0 Å². The second-order valence-electron chi connectivity index (χ2n) is 5.55. The molecule has 2 aromatic heterocycles. The lowest BCUT2D eigenvalue weighted by atomic mass is 10.1. The van der Waals surface area contributed by atoms with E-state index < -0.39 is 0 Å². The van der Waals surface area contributed by atoms with E-state index in [-0.39, 0.29) is 17.8 Å². The molecule has 1 aromatic carbocycles. The predicted octanol–water partition coefficient (Wildman–Crippen LogP) is 3.94. The molecule has 23 heavy (non-hydrogen) atoms. The number of pyridine rings is 1. The number of hydrogen-bond donors (Lipinski definition) is 1. The largest absolute Gasteiger partial charge is 0.345 e. The zero-order valence-corrected chi connectivity index (χ0v) is 13.9. The number of aryl methyl sites for hydroxylation is 2. The molecular formula is C17H16FN3OS. The molecule has 0 radical (unpaired) electrons. The van der Waals surface area contributed by atoms with Crippen molar-refractivity contribution in [2.75, 3.05) is 0 Å². The van der Waals surface area contributed by atoms with Crippen molar-refractivity contribution in [3.8, 4) is 0 Å². The van der Waals surface area contributed by atoms with Crippen LogP contribution in [0.1, 0.15) is 40.1 Å². The highest BCUT2D eigenvalue weighted by Gasteiger charge is 2.14. The van der Waals surface area contributed by atoms with Crippen molar-refractivity contribution < 1.29 is 9.18 Å². The molecule has 6 heteroatoms. The maximum Gasteiger partial charge on any atom is 0.253 e. The van der Waals surface area contributed by atoms with E-state index in [0.717, 1.165) is 21.5 Å². The summed E-state index contributed by atoms with van der Waals surface area (Å²) in [7, 11) is 0. The van der Waals surface area contributed by atoms with Gasteiger partial charge in [0.1, 0.15) is 10.6 Å². The summed E-state index contributed by atoms with van der Waals surface area (Å²) < 4.78 is 17.9. The van der Waals surface area contributed by atoms with Gasteiger partial charge in [0.2, 0.25) is 0 Å². The molecule has 0 aliphatic carbocycles. The first kappa shape index (κ1) is 15.6. The molecule has 1 atom stereocenters. The van der Waals surface area contributed by atoms with Gasteiger partial charge in [-0.05, 0) is 55.6 Å².